The van der Waals surface area contributed by atoms with Gasteiger partial charge in [0.2, 0.25) is 0 Å². The Morgan fingerprint density at radius 1 is 0.963 bits per heavy atom. The zero-order chi connectivity index (χ0) is 19.1. The van der Waals surface area contributed by atoms with Gasteiger partial charge in [-0.2, -0.15) is 0 Å². The van der Waals surface area contributed by atoms with Crippen molar-refractivity contribution in [1.29, 1.82) is 0 Å². The molecule has 0 aromatic heterocycles. The molecule has 27 heavy (non-hydrogen) atoms. The first-order valence-corrected chi connectivity index (χ1v) is 10.6. The Bertz CT molecular complexity index is 731. The highest BCUT2D eigenvalue weighted by atomic mass is 16.1. The zero-order valence-electron chi connectivity index (χ0n) is 16.6. The number of rotatable bonds is 8. The summed E-state index contributed by atoms with van der Waals surface area (Å²) in [6.07, 6.45) is 11.8. The largest absolute Gasteiger partial charge is 0.294 e. The first-order valence-electron chi connectivity index (χ1n) is 10.6. The zero-order valence-corrected chi connectivity index (χ0v) is 16.6. The Balaban J connectivity index is 1.58. The highest BCUT2D eigenvalue weighted by Crippen LogP contribution is 2.38. The number of benzene rings is 2. The Kier molecular flexibility index (Phi) is 7.04. The van der Waals surface area contributed by atoms with Gasteiger partial charge in [0.1, 0.15) is 0 Å². The Morgan fingerprint density at radius 2 is 1.56 bits per heavy atom. The van der Waals surface area contributed by atoms with Gasteiger partial charge in [0.15, 0.2) is 5.78 Å². The number of allylic oxidation sites excluding steroid dienone is 1. The van der Waals surface area contributed by atoms with Crippen LogP contribution in [0.1, 0.15) is 80.1 Å². The van der Waals surface area contributed by atoms with Gasteiger partial charge in [-0.15, -0.1) is 6.58 Å². The Morgan fingerprint density at radius 3 is 2.11 bits per heavy atom. The van der Waals surface area contributed by atoms with Crippen LogP contribution < -0.4 is 0 Å². The average molecular weight is 361 g/mol. The van der Waals surface area contributed by atoms with Crippen LogP contribution in [0, 0.1) is 5.92 Å². The van der Waals surface area contributed by atoms with Crippen LogP contribution in [0.3, 0.4) is 0 Å². The lowest BCUT2D eigenvalue weighted by molar-refractivity contribution is 0.0988. The summed E-state index contributed by atoms with van der Waals surface area (Å²) in [4.78, 5) is 11.8. The third-order valence-corrected chi connectivity index (χ3v) is 6.11. The molecule has 0 radical (unpaired) electrons. The second-order valence-corrected chi connectivity index (χ2v) is 7.91. The van der Waals surface area contributed by atoms with E-state index in [0.717, 1.165) is 23.8 Å². The van der Waals surface area contributed by atoms with Gasteiger partial charge in [0.05, 0.1) is 0 Å². The molecule has 1 heteroatoms. The van der Waals surface area contributed by atoms with E-state index in [-0.39, 0.29) is 5.78 Å². The number of carbonyl (C=O) groups is 1. The van der Waals surface area contributed by atoms with Crippen LogP contribution in [0.25, 0.3) is 11.1 Å². The van der Waals surface area contributed by atoms with E-state index < -0.39 is 0 Å². The van der Waals surface area contributed by atoms with Crippen molar-refractivity contribution in [3.05, 3.63) is 72.3 Å². The summed E-state index contributed by atoms with van der Waals surface area (Å²) in [6, 6.07) is 17.1. The van der Waals surface area contributed by atoms with Gasteiger partial charge in [0, 0.05) is 12.0 Å². The van der Waals surface area contributed by atoms with Crippen molar-refractivity contribution in [3.8, 4) is 11.1 Å². The van der Waals surface area contributed by atoms with Crippen LogP contribution in [0.15, 0.2) is 61.2 Å². The lowest BCUT2D eigenvalue weighted by Gasteiger charge is -2.29. The fourth-order valence-corrected chi connectivity index (χ4v) is 4.34. The molecule has 1 nitrogen and oxygen atoms in total. The first-order chi connectivity index (χ1) is 13.2. The highest BCUT2D eigenvalue weighted by Gasteiger charge is 2.21. The van der Waals surface area contributed by atoms with Crippen molar-refractivity contribution in [3.63, 3.8) is 0 Å². The first kappa shape index (κ1) is 19.6. The highest BCUT2D eigenvalue weighted by molar-refractivity contribution is 5.96. The molecular weight excluding hydrogens is 328 g/mol. The molecule has 1 aliphatic carbocycles. The molecule has 1 aliphatic rings. The van der Waals surface area contributed by atoms with E-state index in [1.54, 1.807) is 0 Å². The van der Waals surface area contributed by atoms with Crippen molar-refractivity contribution < 1.29 is 4.79 Å². The number of hydrogen-bond donors (Lipinski definition) is 0. The summed E-state index contributed by atoms with van der Waals surface area (Å²) in [5, 5.41) is 0. The predicted octanol–water partition coefficient (Wildman–Crippen LogP) is 7.58. The van der Waals surface area contributed by atoms with E-state index >= 15 is 0 Å². The molecule has 1 saturated carbocycles. The van der Waals surface area contributed by atoms with Crippen molar-refractivity contribution >= 4 is 5.78 Å². The topological polar surface area (TPSA) is 17.1 Å². The molecule has 0 saturated heterocycles. The second-order valence-electron chi connectivity index (χ2n) is 7.91. The minimum atomic E-state index is 0.206. The quantitative estimate of drug-likeness (QED) is 0.269. The van der Waals surface area contributed by atoms with Crippen LogP contribution in [0.5, 0.6) is 0 Å². The van der Waals surface area contributed by atoms with Gasteiger partial charge in [-0.3, -0.25) is 4.79 Å². The molecule has 0 amide bonds. The van der Waals surface area contributed by atoms with Crippen molar-refractivity contribution in [2.75, 3.05) is 0 Å². The lowest BCUT2D eigenvalue weighted by atomic mass is 9.77. The van der Waals surface area contributed by atoms with E-state index in [1.165, 1.54) is 55.2 Å². The summed E-state index contributed by atoms with van der Waals surface area (Å²) in [6.45, 7) is 5.73. The predicted molar refractivity (Wildman–Crippen MR) is 115 cm³/mol. The molecule has 2 aromatic carbocycles. The maximum absolute atomic E-state index is 11.8. The Hall–Kier alpha value is -2.15. The second kappa shape index (κ2) is 9.69. The molecule has 0 unspecified atom stereocenters. The lowest BCUT2D eigenvalue weighted by Crippen LogP contribution is -2.13. The monoisotopic (exact) mass is 360 g/mol. The molecule has 142 valence electrons. The average Bonchev–Trinajstić information content (AvgIpc) is 2.74. The summed E-state index contributed by atoms with van der Waals surface area (Å²) < 4.78 is 0. The molecular formula is C26H32O. The van der Waals surface area contributed by atoms with Gasteiger partial charge < -0.3 is 0 Å². The van der Waals surface area contributed by atoms with Gasteiger partial charge >= 0.3 is 0 Å². The van der Waals surface area contributed by atoms with Crippen molar-refractivity contribution in [1.82, 2.24) is 0 Å². The van der Waals surface area contributed by atoms with E-state index in [1.807, 2.05) is 25.1 Å². The maximum atomic E-state index is 11.8. The summed E-state index contributed by atoms with van der Waals surface area (Å²) in [5.41, 5.74) is 4.70. The third-order valence-electron chi connectivity index (χ3n) is 6.11. The molecule has 0 heterocycles. The fraction of sp³-hybridized carbons (Fsp3) is 0.423. The standard InChI is InChI=1S/C26H32O/c1-3-5-6-7-20-8-10-21(11-9-20)22-12-14-23(15-13-22)24-16-18-25(19-17-24)26(27)4-2/h3,12-21H,1,4-11H2,2H3/t20-,21-. The maximum Gasteiger partial charge on any atom is 0.162 e. The van der Waals surface area contributed by atoms with E-state index in [9.17, 15) is 4.79 Å². The van der Waals surface area contributed by atoms with Crippen LogP contribution in [-0.2, 0) is 0 Å². The summed E-state index contributed by atoms with van der Waals surface area (Å²) in [5.74, 6) is 1.85. The summed E-state index contributed by atoms with van der Waals surface area (Å²) in [7, 11) is 0. The van der Waals surface area contributed by atoms with Gasteiger partial charge in [0.25, 0.3) is 0 Å². The van der Waals surface area contributed by atoms with E-state index in [2.05, 4.69) is 43.0 Å². The van der Waals surface area contributed by atoms with Crippen LogP contribution >= 0.6 is 0 Å². The number of ketones is 1. The molecule has 0 aliphatic heterocycles. The molecule has 0 bridgehead atoms. The number of hydrogen-bond acceptors (Lipinski definition) is 1. The molecule has 2 aromatic rings. The van der Waals surface area contributed by atoms with E-state index in [0.29, 0.717) is 6.42 Å². The minimum Gasteiger partial charge on any atom is -0.294 e. The molecule has 1 fully saturated rings. The molecule has 0 spiro atoms. The normalized spacial score (nSPS) is 19.6. The number of unbranched alkanes of at least 4 members (excludes halogenated alkanes) is 1. The fourth-order valence-electron chi connectivity index (χ4n) is 4.34. The van der Waals surface area contributed by atoms with Crippen molar-refractivity contribution in [2.24, 2.45) is 5.92 Å². The third kappa shape index (κ3) is 5.19. The van der Waals surface area contributed by atoms with E-state index in [4.69, 9.17) is 0 Å². The Labute approximate surface area is 164 Å². The molecule has 0 N–H and O–H groups in total. The minimum absolute atomic E-state index is 0.206. The summed E-state index contributed by atoms with van der Waals surface area (Å²) >= 11 is 0. The molecule has 3 rings (SSSR count). The van der Waals surface area contributed by atoms with Gasteiger partial charge in [-0.05, 0) is 67.1 Å². The van der Waals surface area contributed by atoms with Gasteiger partial charge in [-0.1, -0.05) is 68.0 Å². The van der Waals surface area contributed by atoms with Crippen LogP contribution in [0.2, 0.25) is 0 Å². The van der Waals surface area contributed by atoms with Crippen LogP contribution in [-0.4, -0.2) is 5.78 Å². The number of carbonyl (C=O) groups excluding carboxylic acids is 1. The number of Topliss-reactive ketones (excluding diaryl/α,β-unsaturated/α-hetero) is 1. The van der Waals surface area contributed by atoms with Gasteiger partial charge in [-0.25, -0.2) is 0 Å². The SMILES string of the molecule is C=CCCC[C@H]1CC[C@H](c2ccc(-c3ccc(C(=O)CC)cc3)cc2)CC1. The van der Waals surface area contributed by atoms with Crippen LogP contribution in [0.4, 0.5) is 0 Å². The smallest absolute Gasteiger partial charge is 0.162 e. The van der Waals surface area contributed by atoms with Crippen molar-refractivity contribution in [2.45, 2.75) is 64.2 Å². The molecule has 0 atom stereocenters.